The van der Waals surface area contributed by atoms with Crippen LogP contribution in [0.25, 0.3) is 0 Å². The van der Waals surface area contributed by atoms with E-state index in [1.54, 1.807) is 7.11 Å². The lowest BCUT2D eigenvalue weighted by Crippen LogP contribution is -2.46. The van der Waals surface area contributed by atoms with Gasteiger partial charge in [0.2, 0.25) is 0 Å². The van der Waals surface area contributed by atoms with Gasteiger partial charge in [-0.25, -0.2) is 0 Å². The van der Waals surface area contributed by atoms with Gasteiger partial charge in [0.25, 0.3) is 0 Å². The van der Waals surface area contributed by atoms with Crippen LogP contribution in [0.5, 0.6) is 0 Å². The second-order valence-corrected chi connectivity index (χ2v) is 4.73. The van der Waals surface area contributed by atoms with Crippen molar-refractivity contribution in [1.82, 2.24) is 10.2 Å². The third-order valence-corrected chi connectivity index (χ3v) is 3.18. The van der Waals surface area contributed by atoms with Crippen LogP contribution in [0.15, 0.2) is 0 Å². The molecule has 0 bridgehead atoms. The van der Waals surface area contributed by atoms with Gasteiger partial charge in [-0.05, 0) is 33.2 Å². The third kappa shape index (κ3) is 4.96. The lowest BCUT2D eigenvalue weighted by Gasteiger charge is -2.32. The molecule has 3 nitrogen and oxygen atoms in total. The normalized spacial score (nSPS) is 22.6. The summed E-state index contributed by atoms with van der Waals surface area (Å²) < 4.78 is 5.15. The molecule has 1 atom stereocenters. The molecule has 0 aromatic heterocycles. The minimum Gasteiger partial charge on any atom is -0.383 e. The van der Waals surface area contributed by atoms with Gasteiger partial charge in [0.05, 0.1) is 6.61 Å². The quantitative estimate of drug-likeness (QED) is 0.725. The van der Waals surface area contributed by atoms with Crippen molar-refractivity contribution in [2.24, 2.45) is 0 Å². The fraction of sp³-hybridized carbons (Fsp3) is 1.00. The van der Waals surface area contributed by atoms with Crippen LogP contribution in [0.2, 0.25) is 0 Å². The van der Waals surface area contributed by atoms with E-state index in [-0.39, 0.29) is 0 Å². The lowest BCUT2D eigenvalue weighted by atomic mass is 10.0. The molecule has 1 aliphatic heterocycles. The molecule has 1 unspecified atom stereocenters. The van der Waals surface area contributed by atoms with Gasteiger partial charge < -0.3 is 10.1 Å². The third-order valence-electron chi connectivity index (χ3n) is 3.18. The molecule has 0 spiro atoms. The average Bonchev–Trinajstić information content (AvgIpc) is 2.25. The van der Waals surface area contributed by atoms with E-state index in [1.165, 1.54) is 32.4 Å². The Hall–Kier alpha value is -0.120. The number of ether oxygens (including phenoxy) is 1. The van der Waals surface area contributed by atoms with E-state index in [9.17, 15) is 0 Å². The van der Waals surface area contributed by atoms with Crippen LogP contribution in [0, 0.1) is 0 Å². The molecule has 1 aliphatic rings. The maximum absolute atomic E-state index is 5.15. The smallest absolute Gasteiger partial charge is 0.0589 e. The zero-order valence-electron chi connectivity index (χ0n) is 10.5. The largest absolute Gasteiger partial charge is 0.383 e. The molecule has 90 valence electrons. The van der Waals surface area contributed by atoms with Gasteiger partial charge in [0, 0.05) is 32.3 Å². The molecule has 0 amide bonds. The van der Waals surface area contributed by atoms with E-state index < -0.39 is 0 Å². The van der Waals surface area contributed by atoms with Crippen molar-refractivity contribution >= 4 is 0 Å². The van der Waals surface area contributed by atoms with Crippen LogP contribution in [-0.4, -0.2) is 50.3 Å². The monoisotopic (exact) mass is 214 g/mol. The van der Waals surface area contributed by atoms with Crippen LogP contribution in [0.3, 0.4) is 0 Å². The van der Waals surface area contributed by atoms with Crippen molar-refractivity contribution in [1.29, 1.82) is 0 Å². The second kappa shape index (κ2) is 7.20. The number of methoxy groups -OCH3 is 1. The van der Waals surface area contributed by atoms with Crippen molar-refractivity contribution in [2.45, 2.75) is 45.2 Å². The topological polar surface area (TPSA) is 24.5 Å². The standard InChI is InChI=1S/C12H26N2O/c1-11(2)14(8-9-15-3)10-12-6-4-5-7-13-12/h11-13H,4-10H2,1-3H3. The fourth-order valence-electron chi connectivity index (χ4n) is 2.13. The van der Waals surface area contributed by atoms with E-state index in [0.717, 1.165) is 13.2 Å². The molecule has 0 radical (unpaired) electrons. The number of rotatable bonds is 6. The summed E-state index contributed by atoms with van der Waals surface area (Å²) in [5.41, 5.74) is 0. The first-order valence-corrected chi connectivity index (χ1v) is 6.20. The van der Waals surface area contributed by atoms with Crippen molar-refractivity contribution in [3.63, 3.8) is 0 Å². The van der Waals surface area contributed by atoms with Gasteiger partial charge in [0.15, 0.2) is 0 Å². The van der Waals surface area contributed by atoms with E-state index in [1.807, 2.05) is 0 Å². The summed E-state index contributed by atoms with van der Waals surface area (Å²) in [5.74, 6) is 0. The zero-order valence-corrected chi connectivity index (χ0v) is 10.5. The fourth-order valence-corrected chi connectivity index (χ4v) is 2.13. The van der Waals surface area contributed by atoms with Crippen LogP contribution < -0.4 is 5.32 Å². The molecule has 0 aliphatic carbocycles. The van der Waals surface area contributed by atoms with Crippen LogP contribution in [0.1, 0.15) is 33.1 Å². The predicted octanol–water partition coefficient (Wildman–Crippen LogP) is 1.49. The minimum atomic E-state index is 0.615. The number of hydrogen-bond donors (Lipinski definition) is 1. The Kier molecular flexibility index (Phi) is 6.22. The molecule has 1 saturated heterocycles. The Morgan fingerprint density at radius 1 is 1.40 bits per heavy atom. The Bertz CT molecular complexity index is 156. The van der Waals surface area contributed by atoms with Crippen molar-refractivity contribution < 1.29 is 4.74 Å². The summed E-state index contributed by atoms with van der Waals surface area (Å²) in [4.78, 5) is 2.51. The molecular formula is C12H26N2O. The number of nitrogens with zero attached hydrogens (tertiary/aromatic N) is 1. The zero-order chi connectivity index (χ0) is 11.1. The molecule has 0 aromatic rings. The highest BCUT2D eigenvalue weighted by Gasteiger charge is 2.17. The van der Waals surface area contributed by atoms with Gasteiger partial charge >= 0.3 is 0 Å². The first-order chi connectivity index (χ1) is 7.24. The summed E-state index contributed by atoms with van der Waals surface area (Å²) in [6.07, 6.45) is 4.06. The number of piperidine rings is 1. The summed E-state index contributed by atoms with van der Waals surface area (Å²) in [7, 11) is 1.78. The Morgan fingerprint density at radius 2 is 2.20 bits per heavy atom. The van der Waals surface area contributed by atoms with Gasteiger partial charge in [-0.2, -0.15) is 0 Å². The molecule has 1 heterocycles. The maximum atomic E-state index is 5.15. The molecular weight excluding hydrogens is 188 g/mol. The van der Waals surface area contributed by atoms with Crippen molar-refractivity contribution in [2.75, 3.05) is 33.4 Å². The highest BCUT2D eigenvalue weighted by Crippen LogP contribution is 2.10. The van der Waals surface area contributed by atoms with Crippen molar-refractivity contribution in [3.8, 4) is 0 Å². The van der Waals surface area contributed by atoms with Gasteiger partial charge in [-0.3, -0.25) is 4.90 Å². The SMILES string of the molecule is COCCN(CC1CCCCN1)C(C)C. The van der Waals surface area contributed by atoms with E-state index in [2.05, 4.69) is 24.1 Å². The minimum absolute atomic E-state index is 0.615. The maximum Gasteiger partial charge on any atom is 0.0589 e. The van der Waals surface area contributed by atoms with Crippen LogP contribution >= 0.6 is 0 Å². The first kappa shape index (κ1) is 12.9. The first-order valence-electron chi connectivity index (χ1n) is 6.20. The van der Waals surface area contributed by atoms with Crippen LogP contribution in [0.4, 0.5) is 0 Å². The second-order valence-electron chi connectivity index (χ2n) is 4.73. The Morgan fingerprint density at radius 3 is 2.73 bits per heavy atom. The molecule has 0 saturated carbocycles. The lowest BCUT2D eigenvalue weighted by molar-refractivity contribution is 0.117. The predicted molar refractivity (Wildman–Crippen MR) is 64.2 cm³/mol. The Labute approximate surface area is 94.2 Å². The molecule has 1 N–H and O–H groups in total. The molecule has 3 heteroatoms. The molecule has 1 rings (SSSR count). The Balaban J connectivity index is 2.28. The molecule has 15 heavy (non-hydrogen) atoms. The molecule has 1 fully saturated rings. The summed E-state index contributed by atoms with van der Waals surface area (Å²) >= 11 is 0. The van der Waals surface area contributed by atoms with E-state index in [0.29, 0.717) is 12.1 Å². The summed E-state index contributed by atoms with van der Waals surface area (Å²) in [5, 5.41) is 3.60. The average molecular weight is 214 g/mol. The highest BCUT2D eigenvalue weighted by molar-refractivity contribution is 4.77. The highest BCUT2D eigenvalue weighted by atomic mass is 16.5. The van der Waals surface area contributed by atoms with Gasteiger partial charge in [0.1, 0.15) is 0 Å². The summed E-state index contributed by atoms with van der Waals surface area (Å²) in [6, 6.07) is 1.31. The van der Waals surface area contributed by atoms with E-state index >= 15 is 0 Å². The van der Waals surface area contributed by atoms with Crippen molar-refractivity contribution in [3.05, 3.63) is 0 Å². The summed E-state index contributed by atoms with van der Waals surface area (Å²) in [6.45, 7) is 8.77. The van der Waals surface area contributed by atoms with E-state index in [4.69, 9.17) is 4.74 Å². The van der Waals surface area contributed by atoms with Crippen LogP contribution in [-0.2, 0) is 4.74 Å². The number of hydrogen-bond acceptors (Lipinski definition) is 3. The number of nitrogens with one attached hydrogen (secondary N) is 1. The molecule has 0 aromatic carbocycles. The van der Waals surface area contributed by atoms with Gasteiger partial charge in [-0.1, -0.05) is 6.42 Å². The van der Waals surface area contributed by atoms with Gasteiger partial charge in [-0.15, -0.1) is 0 Å².